The van der Waals surface area contributed by atoms with Gasteiger partial charge in [0.25, 0.3) is 0 Å². The summed E-state index contributed by atoms with van der Waals surface area (Å²) in [5.74, 6) is 0.877. The van der Waals surface area contributed by atoms with Gasteiger partial charge in [0.2, 0.25) is 0 Å². The SMILES string of the molecule is CN=C(NCCc1nc(C(C)(C)C)cs1)NC1CCN(c2ccccc2)C1. The topological polar surface area (TPSA) is 52.6 Å². The van der Waals surface area contributed by atoms with Crippen LogP contribution in [0, 0.1) is 0 Å². The molecular formula is C21H31N5S. The molecule has 1 aromatic heterocycles. The predicted molar refractivity (Wildman–Crippen MR) is 116 cm³/mol. The lowest BCUT2D eigenvalue weighted by molar-refractivity contribution is 0.570. The molecule has 1 fully saturated rings. The van der Waals surface area contributed by atoms with E-state index >= 15 is 0 Å². The monoisotopic (exact) mass is 385 g/mol. The molecule has 0 bridgehead atoms. The Morgan fingerprint density at radius 3 is 2.74 bits per heavy atom. The van der Waals surface area contributed by atoms with Crippen molar-refractivity contribution in [3.63, 3.8) is 0 Å². The van der Waals surface area contributed by atoms with E-state index in [-0.39, 0.29) is 5.41 Å². The van der Waals surface area contributed by atoms with E-state index < -0.39 is 0 Å². The minimum Gasteiger partial charge on any atom is -0.369 e. The van der Waals surface area contributed by atoms with Crippen molar-refractivity contribution in [2.45, 2.75) is 45.1 Å². The first-order chi connectivity index (χ1) is 13.0. The molecule has 0 aliphatic carbocycles. The van der Waals surface area contributed by atoms with Crippen LogP contribution in [0.25, 0.3) is 0 Å². The molecule has 2 N–H and O–H groups in total. The molecule has 2 aromatic rings. The first-order valence-electron chi connectivity index (χ1n) is 9.68. The molecule has 1 saturated heterocycles. The zero-order chi connectivity index (χ0) is 19.3. The van der Waals surface area contributed by atoms with E-state index in [1.54, 1.807) is 11.3 Å². The summed E-state index contributed by atoms with van der Waals surface area (Å²) >= 11 is 1.75. The third-order valence-electron chi connectivity index (χ3n) is 4.83. The number of hydrogen-bond acceptors (Lipinski definition) is 4. The highest BCUT2D eigenvalue weighted by atomic mass is 32.1. The minimum absolute atomic E-state index is 0.118. The molecule has 1 unspecified atom stereocenters. The van der Waals surface area contributed by atoms with Crippen molar-refractivity contribution >= 4 is 23.0 Å². The minimum atomic E-state index is 0.118. The van der Waals surface area contributed by atoms with Gasteiger partial charge in [0.05, 0.1) is 10.7 Å². The van der Waals surface area contributed by atoms with E-state index in [4.69, 9.17) is 4.98 Å². The fraction of sp³-hybridized carbons (Fsp3) is 0.524. The molecule has 1 aromatic carbocycles. The Bertz CT molecular complexity index is 747. The standard InChI is InChI=1S/C21H31N5S/c1-21(2,3)18-15-27-19(25-18)10-12-23-20(22-4)24-16-11-13-26(14-16)17-8-6-5-7-9-17/h5-9,15-16H,10-14H2,1-4H3,(H2,22,23,24). The van der Waals surface area contributed by atoms with Gasteiger partial charge < -0.3 is 15.5 Å². The highest BCUT2D eigenvalue weighted by molar-refractivity contribution is 7.09. The maximum Gasteiger partial charge on any atom is 0.191 e. The third-order valence-corrected chi connectivity index (χ3v) is 5.73. The molecule has 6 heteroatoms. The van der Waals surface area contributed by atoms with Crippen molar-refractivity contribution in [2.24, 2.45) is 4.99 Å². The Kier molecular flexibility index (Phi) is 6.37. The van der Waals surface area contributed by atoms with Gasteiger partial charge >= 0.3 is 0 Å². The van der Waals surface area contributed by atoms with Crippen molar-refractivity contribution in [3.05, 3.63) is 46.4 Å². The number of hydrogen-bond donors (Lipinski definition) is 2. The Labute approximate surface area is 166 Å². The lowest BCUT2D eigenvalue weighted by Crippen LogP contribution is -2.45. The lowest BCUT2D eigenvalue weighted by Gasteiger charge is -2.20. The summed E-state index contributed by atoms with van der Waals surface area (Å²) < 4.78 is 0. The number of benzene rings is 1. The summed E-state index contributed by atoms with van der Waals surface area (Å²) in [6, 6.07) is 11.0. The number of anilines is 1. The van der Waals surface area contributed by atoms with Gasteiger partial charge in [-0.05, 0) is 18.6 Å². The summed E-state index contributed by atoms with van der Waals surface area (Å²) in [6.07, 6.45) is 2.04. The second-order valence-electron chi connectivity index (χ2n) is 8.04. The van der Waals surface area contributed by atoms with Crippen molar-refractivity contribution < 1.29 is 0 Å². The molecule has 5 nitrogen and oxygen atoms in total. The van der Waals surface area contributed by atoms with Crippen molar-refractivity contribution in [1.82, 2.24) is 15.6 Å². The lowest BCUT2D eigenvalue weighted by atomic mass is 9.93. The van der Waals surface area contributed by atoms with Gasteiger partial charge in [-0.15, -0.1) is 11.3 Å². The summed E-state index contributed by atoms with van der Waals surface area (Å²) in [4.78, 5) is 11.6. The molecule has 1 aliphatic rings. The van der Waals surface area contributed by atoms with Crippen LogP contribution in [0.1, 0.15) is 37.9 Å². The average Bonchev–Trinajstić information content (AvgIpc) is 3.31. The van der Waals surface area contributed by atoms with Crippen LogP contribution in [0.4, 0.5) is 5.69 Å². The largest absolute Gasteiger partial charge is 0.369 e. The van der Waals surface area contributed by atoms with Gasteiger partial charge in [-0.25, -0.2) is 4.98 Å². The number of nitrogens with one attached hydrogen (secondary N) is 2. The number of aromatic nitrogens is 1. The highest BCUT2D eigenvalue weighted by Crippen LogP contribution is 2.24. The molecule has 0 saturated carbocycles. The number of para-hydroxylation sites is 1. The highest BCUT2D eigenvalue weighted by Gasteiger charge is 2.23. The fourth-order valence-electron chi connectivity index (χ4n) is 3.20. The molecule has 0 spiro atoms. The second-order valence-corrected chi connectivity index (χ2v) is 8.98. The van der Waals surface area contributed by atoms with E-state index in [1.165, 1.54) is 16.4 Å². The van der Waals surface area contributed by atoms with E-state index in [9.17, 15) is 0 Å². The zero-order valence-electron chi connectivity index (χ0n) is 16.8. The van der Waals surface area contributed by atoms with Gasteiger partial charge in [0.1, 0.15) is 0 Å². The van der Waals surface area contributed by atoms with Gasteiger partial charge in [-0.3, -0.25) is 4.99 Å². The van der Waals surface area contributed by atoms with Crippen LogP contribution in [-0.4, -0.2) is 43.7 Å². The zero-order valence-corrected chi connectivity index (χ0v) is 17.6. The van der Waals surface area contributed by atoms with Crippen LogP contribution in [0.15, 0.2) is 40.7 Å². The molecule has 3 rings (SSSR count). The molecule has 0 radical (unpaired) electrons. The first-order valence-corrected chi connectivity index (χ1v) is 10.6. The van der Waals surface area contributed by atoms with E-state index in [2.05, 4.69) is 77.0 Å². The number of rotatable bonds is 5. The molecular weight excluding hydrogens is 354 g/mol. The van der Waals surface area contributed by atoms with Crippen LogP contribution in [0.2, 0.25) is 0 Å². The summed E-state index contributed by atoms with van der Waals surface area (Å²) in [5, 5.41) is 10.4. The molecule has 2 heterocycles. The number of nitrogens with zero attached hydrogens (tertiary/aromatic N) is 3. The number of thiazole rings is 1. The maximum atomic E-state index is 4.76. The van der Waals surface area contributed by atoms with Crippen LogP contribution in [-0.2, 0) is 11.8 Å². The number of guanidine groups is 1. The smallest absolute Gasteiger partial charge is 0.191 e. The third kappa shape index (κ3) is 5.45. The molecule has 1 atom stereocenters. The quantitative estimate of drug-likeness (QED) is 0.612. The van der Waals surface area contributed by atoms with Crippen molar-refractivity contribution in [1.29, 1.82) is 0 Å². The van der Waals surface area contributed by atoms with E-state index in [0.717, 1.165) is 38.4 Å². The summed E-state index contributed by atoms with van der Waals surface area (Å²) in [6.45, 7) is 9.54. The summed E-state index contributed by atoms with van der Waals surface area (Å²) in [7, 11) is 1.83. The average molecular weight is 386 g/mol. The van der Waals surface area contributed by atoms with Crippen LogP contribution in [0.3, 0.4) is 0 Å². The van der Waals surface area contributed by atoms with Crippen LogP contribution in [0.5, 0.6) is 0 Å². The van der Waals surface area contributed by atoms with Crippen molar-refractivity contribution in [3.8, 4) is 0 Å². The fourth-order valence-corrected chi connectivity index (χ4v) is 4.22. The Morgan fingerprint density at radius 1 is 1.30 bits per heavy atom. The van der Waals surface area contributed by atoms with Crippen molar-refractivity contribution in [2.75, 3.05) is 31.6 Å². The van der Waals surface area contributed by atoms with Crippen LogP contribution < -0.4 is 15.5 Å². The van der Waals surface area contributed by atoms with Gasteiger partial charge in [-0.2, -0.15) is 0 Å². The second kappa shape index (κ2) is 8.74. The molecule has 1 aliphatic heterocycles. The van der Waals surface area contributed by atoms with Gasteiger partial charge in [0.15, 0.2) is 5.96 Å². The van der Waals surface area contributed by atoms with Crippen LogP contribution >= 0.6 is 11.3 Å². The predicted octanol–water partition coefficient (Wildman–Crippen LogP) is 3.43. The summed E-state index contributed by atoms with van der Waals surface area (Å²) in [5.41, 5.74) is 2.59. The van der Waals surface area contributed by atoms with E-state index in [0.29, 0.717) is 6.04 Å². The maximum absolute atomic E-state index is 4.76. The first kappa shape index (κ1) is 19.7. The van der Waals surface area contributed by atoms with E-state index in [1.807, 2.05) is 7.05 Å². The van der Waals surface area contributed by atoms with Gasteiger partial charge in [-0.1, -0.05) is 39.0 Å². The molecule has 146 valence electrons. The number of aliphatic imine (C=N–C) groups is 1. The normalized spacial score (nSPS) is 18.0. The molecule has 0 amide bonds. The molecule has 27 heavy (non-hydrogen) atoms. The Hall–Kier alpha value is -2.08. The Morgan fingerprint density at radius 2 is 2.07 bits per heavy atom. The Balaban J connectivity index is 1.44. The van der Waals surface area contributed by atoms with Gasteiger partial charge in [0, 0.05) is 55.6 Å².